The highest BCUT2D eigenvalue weighted by Gasteiger charge is 2.74. The van der Waals surface area contributed by atoms with Crippen LogP contribution >= 0.6 is 23.2 Å². The molecule has 0 radical (unpaired) electrons. The van der Waals surface area contributed by atoms with Gasteiger partial charge in [-0.25, -0.2) is 4.90 Å². The zero-order chi connectivity index (χ0) is 26.2. The Balaban J connectivity index is 1.52. The summed E-state index contributed by atoms with van der Waals surface area (Å²) in [7, 11) is 0. The highest BCUT2D eigenvalue weighted by atomic mass is 35.5. The van der Waals surface area contributed by atoms with E-state index < -0.39 is 46.9 Å². The average Bonchev–Trinajstić information content (AvgIpc) is 3.46. The van der Waals surface area contributed by atoms with Crippen LogP contribution in [0, 0.1) is 11.8 Å². The van der Waals surface area contributed by atoms with Gasteiger partial charge in [0, 0.05) is 11.1 Å². The number of carbonyl (C=O) groups excluding carboxylic acids is 4. The zero-order valence-electron chi connectivity index (χ0n) is 19.9. The number of ketones is 2. The second-order valence-electron chi connectivity index (χ2n) is 9.91. The van der Waals surface area contributed by atoms with Gasteiger partial charge in [-0.2, -0.15) is 0 Å². The molecule has 1 aliphatic carbocycles. The lowest BCUT2D eigenvalue weighted by molar-refractivity contribution is -0.127. The normalized spacial score (nSPS) is 23.9. The summed E-state index contributed by atoms with van der Waals surface area (Å²) in [5.41, 5.74) is 0.182. The van der Waals surface area contributed by atoms with Crippen molar-refractivity contribution in [2.45, 2.75) is 31.5 Å². The van der Waals surface area contributed by atoms with Gasteiger partial charge in [-0.15, -0.1) is 0 Å². The summed E-state index contributed by atoms with van der Waals surface area (Å²) >= 11 is 12.2. The van der Waals surface area contributed by atoms with Crippen molar-refractivity contribution >= 4 is 52.3 Å². The number of fused-ring (bicyclic) bond motifs is 3. The van der Waals surface area contributed by atoms with Crippen LogP contribution in [0.15, 0.2) is 66.7 Å². The summed E-state index contributed by atoms with van der Waals surface area (Å²) in [6.45, 7) is 4.13. The summed E-state index contributed by atoms with van der Waals surface area (Å²) in [6.07, 6.45) is -0.974. The molecular formula is C29H21Cl2NO5. The Kier molecular flexibility index (Phi) is 5.42. The third kappa shape index (κ3) is 3.22. The summed E-state index contributed by atoms with van der Waals surface area (Å²) in [6, 6.07) is 18.3. The lowest BCUT2D eigenvalue weighted by atomic mass is 9.77. The largest absolute Gasteiger partial charge is 0.349 e. The SMILES string of the molecule is CC(C)c1ccc([C@@H]2OC3(C(=O)c4ccccc4C3=O)[C@H]3C(=O)N(c4ccc(Cl)c(Cl)c4)C(=O)[C@H]23)cc1. The maximum Gasteiger partial charge on any atom is 0.241 e. The average molecular weight is 534 g/mol. The Morgan fingerprint density at radius 1 is 0.811 bits per heavy atom. The molecule has 2 fully saturated rings. The van der Waals surface area contributed by atoms with Crippen LogP contribution in [0.3, 0.4) is 0 Å². The molecule has 2 amide bonds. The molecule has 2 aliphatic heterocycles. The van der Waals surface area contributed by atoms with E-state index in [1.807, 2.05) is 24.3 Å². The molecule has 0 N–H and O–H groups in total. The lowest BCUT2D eigenvalue weighted by Gasteiger charge is -2.27. The molecule has 0 saturated carbocycles. The second kappa shape index (κ2) is 8.35. The molecule has 37 heavy (non-hydrogen) atoms. The van der Waals surface area contributed by atoms with Crippen LogP contribution in [-0.2, 0) is 14.3 Å². The van der Waals surface area contributed by atoms with Crippen molar-refractivity contribution in [2.24, 2.45) is 11.8 Å². The molecule has 0 bridgehead atoms. The molecule has 2 saturated heterocycles. The number of nitrogens with zero attached hydrogens (tertiary/aromatic N) is 1. The molecule has 6 nitrogen and oxygen atoms in total. The van der Waals surface area contributed by atoms with Crippen LogP contribution in [0.4, 0.5) is 5.69 Å². The minimum absolute atomic E-state index is 0.170. The zero-order valence-corrected chi connectivity index (χ0v) is 21.4. The monoisotopic (exact) mass is 533 g/mol. The molecule has 3 aromatic carbocycles. The first-order chi connectivity index (χ1) is 17.7. The van der Waals surface area contributed by atoms with Crippen molar-refractivity contribution in [3.8, 4) is 0 Å². The summed E-state index contributed by atoms with van der Waals surface area (Å²) in [5.74, 6) is -4.54. The maximum absolute atomic E-state index is 14.0. The van der Waals surface area contributed by atoms with Crippen molar-refractivity contribution < 1.29 is 23.9 Å². The first kappa shape index (κ1) is 24.0. The van der Waals surface area contributed by atoms with Crippen LogP contribution in [-0.4, -0.2) is 29.0 Å². The number of benzene rings is 3. The van der Waals surface area contributed by atoms with Crippen LogP contribution in [0.5, 0.6) is 0 Å². The van der Waals surface area contributed by atoms with Crippen molar-refractivity contribution in [2.75, 3.05) is 4.90 Å². The Morgan fingerprint density at radius 2 is 1.43 bits per heavy atom. The van der Waals surface area contributed by atoms with Crippen molar-refractivity contribution in [1.29, 1.82) is 0 Å². The van der Waals surface area contributed by atoms with E-state index in [4.69, 9.17) is 27.9 Å². The smallest absolute Gasteiger partial charge is 0.241 e. The molecule has 0 aromatic heterocycles. The maximum atomic E-state index is 14.0. The number of Topliss-reactive ketones (excluding diaryl/α,β-unsaturated/α-hetero) is 2. The lowest BCUT2D eigenvalue weighted by Crippen LogP contribution is -2.51. The standard InChI is InChI=1S/C29H21Cl2NO5/c1-14(2)15-7-9-16(10-8-15)24-22-23(28(36)32(27(22)35)17-11-12-20(30)21(31)13-17)29(37-24)25(33)18-5-3-4-6-19(18)26(29)34/h3-14,22-24H,1-2H3/t22-,23+,24-/m0/s1. The van der Waals surface area contributed by atoms with E-state index in [0.717, 1.165) is 10.5 Å². The molecule has 186 valence electrons. The van der Waals surface area contributed by atoms with E-state index in [0.29, 0.717) is 5.56 Å². The second-order valence-corrected chi connectivity index (χ2v) is 10.7. The number of halogens is 2. The number of rotatable bonds is 3. The predicted molar refractivity (Wildman–Crippen MR) is 138 cm³/mol. The third-order valence-corrected chi connectivity index (χ3v) is 8.35. The molecule has 3 aromatic rings. The van der Waals surface area contributed by atoms with Crippen molar-refractivity contribution in [3.63, 3.8) is 0 Å². The van der Waals surface area contributed by atoms with Gasteiger partial charge in [-0.1, -0.05) is 85.6 Å². The highest BCUT2D eigenvalue weighted by Crippen LogP contribution is 2.57. The predicted octanol–water partition coefficient (Wildman–Crippen LogP) is 5.81. The molecule has 0 unspecified atom stereocenters. The number of amides is 2. The molecule has 3 aliphatic rings. The number of carbonyl (C=O) groups is 4. The first-order valence-electron chi connectivity index (χ1n) is 12.0. The fraction of sp³-hybridized carbons (Fsp3) is 0.241. The third-order valence-electron chi connectivity index (χ3n) is 7.61. The Morgan fingerprint density at radius 3 is 2.00 bits per heavy atom. The van der Waals surface area contributed by atoms with Gasteiger partial charge in [0.2, 0.25) is 29.0 Å². The fourth-order valence-corrected chi connectivity index (χ4v) is 6.06. The number of imide groups is 1. The van der Waals surface area contributed by atoms with Gasteiger partial charge in [-0.05, 0) is 35.2 Å². The van der Waals surface area contributed by atoms with Gasteiger partial charge in [0.1, 0.15) is 0 Å². The van der Waals surface area contributed by atoms with Crippen LogP contribution in [0.2, 0.25) is 10.0 Å². The quantitative estimate of drug-likeness (QED) is 0.313. The van der Waals surface area contributed by atoms with E-state index in [9.17, 15) is 19.2 Å². The van der Waals surface area contributed by atoms with Crippen LogP contribution < -0.4 is 4.90 Å². The number of hydrogen-bond donors (Lipinski definition) is 0. The van der Waals surface area contributed by atoms with Gasteiger partial charge in [0.15, 0.2) is 0 Å². The molecule has 2 heterocycles. The van der Waals surface area contributed by atoms with E-state index in [-0.39, 0.29) is 32.8 Å². The highest BCUT2D eigenvalue weighted by molar-refractivity contribution is 6.42. The Hall–Kier alpha value is -3.32. The Bertz CT molecular complexity index is 1480. The summed E-state index contributed by atoms with van der Waals surface area (Å²) < 4.78 is 6.32. The Labute approximate surface area is 223 Å². The molecule has 3 atom stereocenters. The van der Waals surface area contributed by atoms with Gasteiger partial charge in [-0.3, -0.25) is 19.2 Å². The van der Waals surface area contributed by atoms with Crippen LogP contribution in [0.25, 0.3) is 0 Å². The fourth-order valence-electron chi connectivity index (χ4n) is 5.77. The van der Waals surface area contributed by atoms with E-state index in [2.05, 4.69) is 13.8 Å². The van der Waals surface area contributed by atoms with Gasteiger partial charge < -0.3 is 4.74 Å². The van der Waals surface area contributed by atoms with Crippen molar-refractivity contribution in [3.05, 3.63) is 99.0 Å². The minimum atomic E-state index is -2.12. The van der Waals surface area contributed by atoms with E-state index >= 15 is 0 Å². The molecule has 1 spiro atoms. The number of hydrogen-bond acceptors (Lipinski definition) is 5. The van der Waals surface area contributed by atoms with Crippen molar-refractivity contribution in [1.82, 2.24) is 0 Å². The van der Waals surface area contributed by atoms with E-state index in [1.165, 1.54) is 18.2 Å². The molecular weight excluding hydrogens is 513 g/mol. The van der Waals surface area contributed by atoms with Crippen LogP contribution in [0.1, 0.15) is 57.7 Å². The summed E-state index contributed by atoms with van der Waals surface area (Å²) in [5, 5.41) is 0.438. The molecule has 6 rings (SSSR count). The van der Waals surface area contributed by atoms with Gasteiger partial charge in [0.05, 0.1) is 33.7 Å². The van der Waals surface area contributed by atoms with Gasteiger partial charge >= 0.3 is 0 Å². The number of anilines is 1. The molecule has 8 heteroatoms. The summed E-state index contributed by atoms with van der Waals surface area (Å²) in [4.78, 5) is 56.5. The van der Waals surface area contributed by atoms with Gasteiger partial charge in [0.25, 0.3) is 0 Å². The number of ether oxygens (including phenoxy) is 1. The topological polar surface area (TPSA) is 80.8 Å². The van der Waals surface area contributed by atoms with E-state index in [1.54, 1.807) is 24.3 Å². The first-order valence-corrected chi connectivity index (χ1v) is 12.7. The minimum Gasteiger partial charge on any atom is -0.349 e.